The van der Waals surface area contributed by atoms with Gasteiger partial charge in [0.1, 0.15) is 0 Å². The maximum absolute atomic E-state index is 9.40. The number of hydrogen-bond donors (Lipinski definition) is 2. The molecule has 0 bridgehead atoms. The normalized spacial score (nSPS) is 10.7. The fourth-order valence-corrected chi connectivity index (χ4v) is 3.75. The van der Waals surface area contributed by atoms with Crippen LogP contribution in [-0.2, 0) is 0 Å². The lowest BCUT2D eigenvalue weighted by Crippen LogP contribution is -2.29. The number of aromatic nitrogens is 2. The number of hydrogen-bond acceptors (Lipinski definition) is 4. The molecule has 5 rings (SSSR count). The highest BCUT2D eigenvalue weighted by atomic mass is 16.4. The summed E-state index contributed by atoms with van der Waals surface area (Å²) in [6.45, 7) is 0. The standard InChI is InChI=1S/C28H21BN2O2/c32-29(33)25-17-15-24(16-18-25)28-30-26(22-9-5-2-6-10-22)19-27(31-28)23-13-11-21(12-14-23)20-7-3-1-4-8-20/h1-19,32-33H. The van der Waals surface area contributed by atoms with Gasteiger partial charge < -0.3 is 10.0 Å². The Morgan fingerprint density at radius 3 is 1.42 bits per heavy atom. The van der Waals surface area contributed by atoms with Crippen LogP contribution in [0.2, 0.25) is 0 Å². The third-order valence-corrected chi connectivity index (χ3v) is 5.55. The van der Waals surface area contributed by atoms with Gasteiger partial charge in [0.2, 0.25) is 0 Å². The molecule has 0 amide bonds. The Kier molecular flexibility index (Phi) is 5.81. The third-order valence-electron chi connectivity index (χ3n) is 5.55. The van der Waals surface area contributed by atoms with Gasteiger partial charge in [0, 0.05) is 16.7 Å². The van der Waals surface area contributed by atoms with Gasteiger partial charge in [-0.25, -0.2) is 9.97 Å². The molecule has 0 aliphatic rings. The summed E-state index contributed by atoms with van der Waals surface area (Å²) in [5.41, 5.74) is 7.20. The highest BCUT2D eigenvalue weighted by Gasteiger charge is 2.13. The topological polar surface area (TPSA) is 66.2 Å². The molecule has 0 unspecified atom stereocenters. The first-order valence-corrected chi connectivity index (χ1v) is 10.7. The van der Waals surface area contributed by atoms with Crippen LogP contribution in [0.4, 0.5) is 0 Å². The van der Waals surface area contributed by atoms with Gasteiger partial charge in [0.05, 0.1) is 11.4 Å². The molecule has 158 valence electrons. The summed E-state index contributed by atoms with van der Waals surface area (Å²) in [7, 11) is -1.51. The molecule has 2 N–H and O–H groups in total. The van der Waals surface area contributed by atoms with Crippen molar-refractivity contribution in [2.45, 2.75) is 0 Å². The molecule has 4 aromatic carbocycles. The molecule has 0 saturated heterocycles. The quantitative estimate of drug-likeness (QED) is 0.394. The highest BCUT2D eigenvalue weighted by molar-refractivity contribution is 6.58. The first kappa shape index (κ1) is 20.8. The molecule has 0 spiro atoms. The molecule has 0 saturated carbocycles. The zero-order valence-corrected chi connectivity index (χ0v) is 17.8. The minimum absolute atomic E-state index is 0.426. The fourth-order valence-electron chi connectivity index (χ4n) is 3.75. The van der Waals surface area contributed by atoms with E-state index >= 15 is 0 Å². The lowest BCUT2D eigenvalue weighted by molar-refractivity contribution is 0.426. The largest absolute Gasteiger partial charge is 0.488 e. The molecule has 5 aromatic rings. The van der Waals surface area contributed by atoms with Crippen molar-refractivity contribution < 1.29 is 10.0 Å². The van der Waals surface area contributed by atoms with Gasteiger partial charge in [-0.05, 0) is 22.7 Å². The Balaban J connectivity index is 1.58. The van der Waals surface area contributed by atoms with Gasteiger partial charge in [-0.1, -0.05) is 109 Å². The predicted molar refractivity (Wildman–Crippen MR) is 134 cm³/mol. The molecule has 0 atom stereocenters. The van der Waals surface area contributed by atoms with Crippen LogP contribution >= 0.6 is 0 Å². The number of benzene rings is 4. The second kappa shape index (κ2) is 9.21. The summed E-state index contributed by atoms with van der Waals surface area (Å²) in [6, 6.07) is 37.6. The number of rotatable bonds is 5. The van der Waals surface area contributed by atoms with E-state index in [2.05, 4.69) is 36.4 Å². The van der Waals surface area contributed by atoms with E-state index in [9.17, 15) is 10.0 Å². The van der Waals surface area contributed by atoms with Crippen LogP contribution in [0.15, 0.2) is 115 Å². The van der Waals surface area contributed by atoms with Crippen LogP contribution in [0, 0.1) is 0 Å². The Morgan fingerprint density at radius 2 is 0.879 bits per heavy atom. The number of nitrogens with zero attached hydrogens (tertiary/aromatic N) is 2. The molecule has 33 heavy (non-hydrogen) atoms. The van der Waals surface area contributed by atoms with Crippen LogP contribution in [-0.4, -0.2) is 27.1 Å². The van der Waals surface area contributed by atoms with E-state index in [0.29, 0.717) is 11.3 Å². The SMILES string of the molecule is OB(O)c1ccc(-c2nc(-c3ccccc3)cc(-c3ccc(-c4ccccc4)cc3)n2)cc1. The molecule has 1 heterocycles. The van der Waals surface area contributed by atoms with E-state index in [1.807, 2.05) is 54.6 Å². The van der Waals surface area contributed by atoms with Gasteiger partial charge >= 0.3 is 7.12 Å². The van der Waals surface area contributed by atoms with Gasteiger partial charge in [0.15, 0.2) is 5.82 Å². The minimum Gasteiger partial charge on any atom is -0.423 e. The summed E-state index contributed by atoms with van der Waals surface area (Å²) in [4.78, 5) is 9.64. The monoisotopic (exact) mass is 428 g/mol. The van der Waals surface area contributed by atoms with Gasteiger partial charge in [-0.15, -0.1) is 0 Å². The van der Waals surface area contributed by atoms with Crippen molar-refractivity contribution in [2.24, 2.45) is 0 Å². The van der Waals surface area contributed by atoms with Crippen molar-refractivity contribution in [1.29, 1.82) is 0 Å². The molecule has 5 heteroatoms. The van der Waals surface area contributed by atoms with Crippen LogP contribution in [0.5, 0.6) is 0 Å². The smallest absolute Gasteiger partial charge is 0.423 e. The van der Waals surface area contributed by atoms with Crippen molar-refractivity contribution >= 4 is 12.6 Å². The molecule has 1 aromatic heterocycles. The van der Waals surface area contributed by atoms with E-state index in [1.165, 1.54) is 5.56 Å². The van der Waals surface area contributed by atoms with Crippen LogP contribution in [0.3, 0.4) is 0 Å². The Morgan fingerprint density at radius 1 is 0.455 bits per heavy atom. The first-order valence-electron chi connectivity index (χ1n) is 10.7. The van der Waals surface area contributed by atoms with Gasteiger partial charge in [0.25, 0.3) is 0 Å². The van der Waals surface area contributed by atoms with Crippen molar-refractivity contribution in [3.8, 4) is 45.0 Å². The second-order valence-corrected chi connectivity index (χ2v) is 7.77. The second-order valence-electron chi connectivity index (χ2n) is 7.77. The molecule has 0 aliphatic carbocycles. The average molecular weight is 428 g/mol. The van der Waals surface area contributed by atoms with Crippen LogP contribution in [0.1, 0.15) is 0 Å². The van der Waals surface area contributed by atoms with Crippen LogP contribution in [0.25, 0.3) is 45.0 Å². The molecule has 4 nitrogen and oxygen atoms in total. The van der Waals surface area contributed by atoms with Gasteiger partial charge in [-0.2, -0.15) is 0 Å². The van der Waals surface area contributed by atoms with E-state index < -0.39 is 7.12 Å². The third kappa shape index (κ3) is 4.60. The Hall–Kier alpha value is -4.06. The van der Waals surface area contributed by atoms with Crippen LogP contribution < -0.4 is 5.46 Å². The van der Waals surface area contributed by atoms with Gasteiger partial charge in [-0.3, -0.25) is 0 Å². The first-order chi connectivity index (χ1) is 16.2. The fraction of sp³-hybridized carbons (Fsp3) is 0. The maximum atomic E-state index is 9.40. The van der Waals surface area contributed by atoms with E-state index in [0.717, 1.165) is 33.6 Å². The maximum Gasteiger partial charge on any atom is 0.488 e. The molecule has 0 aliphatic heterocycles. The summed E-state index contributed by atoms with van der Waals surface area (Å²) in [6.07, 6.45) is 0. The summed E-state index contributed by atoms with van der Waals surface area (Å²) in [5, 5.41) is 18.8. The zero-order chi connectivity index (χ0) is 22.6. The average Bonchev–Trinajstić information content (AvgIpc) is 2.89. The zero-order valence-electron chi connectivity index (χ0n) is 17.8. The van der Waals surface area contributed by atoms with Crippen molar-refractivity contribution in [3.05, 3.63) is 115 Å². The predicted octanol–water partition coefficient (Wildman–Crippen LogP) is 4.82. The summed E-state index contributed by atoms with van der Waals surface area (Å²) >= 11 is 0. The lowest BCUT2D eigenvalue weighted by Gasteiger charge is -2.10. The summed E-state index contributed by atoms with van der Waals surface area (Å²) in [5.74, 6) is 0.581. The van der Waals surface area contributed by atoms with E-state index in [-0.39, 0.29) is 0 Å². The molecular formula is C28H21BN2O2. The summed E-state index contributed by atoms with van der Waals surface area (Å²) < 4.78 is 0. The Labute approximate surface area is 193 Å². The lowest BCUT2D eigenvalue weighted by atomic mass is 9.80. The van der Waals surface area contributed by atoms with E-state index in [1.54, 1.807) is 24.3 Å². The molecular weight excluding hydrogens is 407 g/mol. The Bertz CT molecular complexity index is 1360. The molecule has 0 fully saturated rings. The molecule has 0 radical (unpaired) electrons. The van der Waals surface area contributed by atoms with Crippen molar-refractivity contribution in [2.75, 3.05) is 0 Å². The highest BCUT2D eigenvalue weighted by Crippen LogP contribution is 2.29. The van der Waals surface area contributed by atoms with Crippen molar-refractivity contribution in [1.82, 2.24) is 9.97 Å². The van der Waals surface area contributed by atoms with E-state index in [4.69, 9.17) is 9.97 Å². The van der Waals surface area contributed by atoms with Crippen molar-refractivity contribution in [3.63, 3.8) is 0 Å². The minimum atomic E-state index is -1.51.